The highest BCUT2D eigenvalue weighted by Crippen LogP contribution is 2.31. The fraction of sp³-hybridized carbons (Fsp3) is 0.400. The largest absolute Gasteiger partial charge is 0.369 e. The normalized spacial score (nSPS) is 13.0. The van der Waals surface area contributed by atoms with Crippen LogP contribution in [0.4, 0.5) is 11.5 Å². The Morgan fingerprint density at radius 3 is 3.05 bits per heavy atom. The minimum absolute atomic E-state index is 0.0912. The van der Waals surface area contributed by atoms with E-state index in [-0.39, 0.29) is 10.6 Å². The van der Waals surface area contributed by atoms with E-state index in [1.807, 2.05) is 11.6 Å². The number of non-ortho nitro benzene ring substituents is 1. The molecule has 1 N–H and O–H groups in total. The van der Waals surface area contributed by atoms with E-state index >= 15 is 0 Å². The van der Waals surface area contributed by atoms with Crippen molar-refractivity contribution >= 4 is 23.3 Å². The maximum Gasteiger partial charge on any atom is 0.271 e. The lowest BCUT2D eigenvalue weighted by Crippen LogP contribution is -2.07. The number of hydrogen-bond acceptors (Lipinski definition) is 5. The van der Waals surface area contributed by atoms with E-state index in [0.29, 0.717) is 0 Å². The third-order valence-electron chi connectivity index (χ3n) is 3.91. The van der Waals surface area contributed by atoms with Gasteiger partial charge in [0.2, 0.25) is 0 Å². The van der Waals surface area contributed by atoms with Gasteiger partial charge in [0.05, 0.1) is 16.3 Å². The zero-order valence-corrected chi connectivity index (χ0v) is 13.4. The topological polar surface area (TPSA) is 73.0 Å². The molecule has 1 aliphatic heterocycles. The molecule has 6 nitrogen and oxygen atoms in total. The Morgan fingerprint density at radius 2 is 2.32 bits per heavy atom. The van der Waals surface area contributed by atoms with E-state index in [1.165, 1.54) is 11.6 Å². The molecule has 1 aliphatic rings. The summed E-state index contributed by atoms with van der Waals surface area (Å²) < 4.78 is 1.83. The number of thioether (sulfide) groups is 1. The Hall–Kier alpha value is -2.02. The molecule has 0 aliphatic carbocycles. The molecule has 1 aromatic heterocycles. The summed E-state index contributed by atoms with van der Waals surface area (Å²) in [6, 6.07) is 4.91. The molecule has 0 bridgehead atoms. The lowest BCUT2D eigenvalue weighted by molar-refractivity contribution is -0.384. The van der Waals surface area contributed by atoms with Gasteiger partial charge >= 0.3 is 0 Å². The molecule has 3 rings (SSSR count). The number of nitrogens with zero attached hydrogens (tertiary/aromatic N) is 3. The fourth-order valence-corrected chi connectivity index (χ4v) is 3.16. The Balaban J connectivity index is 2.09. The summed E-state index contributed by atoms with van der Waals surface area (Å²) in [5.74, 6) is 2.01. The van der Waals surface area contributed by atoms with Gasteiger partial charge in [0.15, 0.2) is 0 Å². The molecular weight excluding hydrogens is 300 g/mol. The Morgan fingerprint density at radius 1 is 1.50 bits per heavy atom. The van der Waals surface area contributed by atoms with Crippen molar-refractivity contribution in [2.75, 3.05) is 23.9 Å². The molecule has 0 fully saturated rings. The molecule has 0 amide bonds. The van der Waals surface area contributed by atoms with Gasteiger partial charge < -0.3 is 5.32 Å². The number of nitro groups is 1. The van der Waals surface area contributed by atoms with Crippen molar-refractivity contribution in [3.63, 3.8) is 0 Å². The lowest BCUT2D eigenvalue weighted by atomic mass is 10.1. The summed E-state index contributed by atoms with van der Waals surface area (Å²) in [7, 11) is 0. The molecule has 0 saturated carbocycles. The maximum absolute atomic E-state index is 11.0. The second-order valence-electron chi connectivity index (χ2n) is 5.33. The third kappa shape index (κ3) is 2.56. The lowest BCUT2D eigenvalue weighted by Gasteiger charge is -2.09. The van der Waals surface area contributed by atoms with Crippen molar-refractivity contribution < 1.29 is 4.92 Å². The van der Waals surface area contributed by atoms with Crippen molar-refractivity contribution in [2.45, 2.75) is 19.8 Å². The van der Waals surface area contributed by atoms with Gasteiger partial charge in [-0.05, 0) is 30.9 Å². The van der Waals surface area contributed by atoms with Crippen LogP contribution in [0.25, 0.3) is 5.69 Å². The number of rotatable bonds is 5. The van der Waals surface area contributed by atoms with Crippen LogP contribution in [0.2, 0.25) is 0 Å². The highest BCUT2D eigenvalue weighted by atomic mass is 32.2. The van der Waals surface area contributed by atoms with E-state index in [0.717, 1.165) is 47.9 Å². The number of aromatic nitrogens is 2. The average molecular weight is 318 g/mol. The molecule has 2 heterocycles. The standard InChI is InChI=1S/C15H18N4O2S/c1-10-3-4-11(19(20)21)9-14(10)18-15-12(5-7-16-15)13(17-18)6-8-22-2/h3-4,9,16H,5-8H2,1-2H3. The SMILES string of the molecule is CSCCc1nn(-c2cc([N+](=O)[O-])ccc2C)c2c1CCN2. The number of hydrogen-bond donors (Lipinski definition) is 1. The van der Waals surface area contributed by atoms with Crippen molar-refractivity contribution in [3.05, 3.63) is 45.1 Å². The van der Waals surface area contributed by atoms with E-state index in [1.54, 1.807) is 23.9 Å². The Labute approximate surface area is 133 Å². The summed E-state index contributed by atoms with van der Waals surface area (Å²) in [5, 5.41) is 19.1. The molecule has 116 valence electrons. The zero-order valence-electron chi connectivity index (χ0n) is 12.6. The quantitative estimate of drug-likeness (QED) is 0.678. The first-order valence-electron chi connectivity index (χ1n) is 7.21. The first-order chi connectivity index (χ1) is 10.6. The van der Waals surface area contributed by atoms with Gasteiger partial charge in [-0.25, -0.2) is 4.68 Å². The highest BCUT2D eigenvalue weighted by molar-refractivity contribution is 7.98. The average Bonchev–Trinajstić information content (AvgIpc) is 3.08. The third-order valence-corrected chi connectivity index (χ3v) is 4.52. The predicted octanol–water partition coefficient (Wildman–Crippen LogP) is 2.96. The number of nitrogens with one attached hydrogen (secondary N) is 1. The molecule has 22 heavy (non-hydrogen) atoms. The number of nitro benzene ring substituents is 1. The molecule has 2 aromatic rings. The molecule has 7 heteroatoms. The van der Waals surface area contributed by atoms with E-state index < -0.39 is 0 Å². The van der Waals surface area contributed by atoms with Crippen molar-refractivity contribution in [1.82, 2.24) is 9.78 Å². The van der Waals surface area contributed by atoms with Crippen molar-refractivity contribution in [3.8, 4) is 5.69 Å². The van der Waals surface area contributed by atoms with E-state index in [9.17, 15) is 10.1 Å². The summed E-state index contributed by atoms with van der Waals surface area (Å²) >= 11 is 1.80. The summed E-state index contributed by atoms with van der Waals surface area (Å²) in [5.41, 5.74) is 4.19. The fourth-order valence-electron chi connectivity index (χ4n) is 2.76. The van der Waals surface area contributed by atoms with Gasteiger partial charge in [-0.15, -0.1) is 0 Å². The van der Waals surface area contributed by atoms with Crippen LogP contribution >= 0.6 is 11.8 Å². The van der Waals surface area contributed by atoms with Crippen molar-refractivity contribution in [2.24, 2.45) is 0 Å². The minimum Gasteiger partial charge on any atom is -0.369 e. The first-order valence-corrected chi connectivity index (χ1v) is 8.60. The maximum atomic E-state index is 11.0. The van der Waals surface area contributed by atoms with Crippen LogP contribution in [0.5, 0.6) is 0 Å². The number of fused-ring (bicyclic) bond motifs is 1. The zero-order chi connectivity index (χ0) is 15.7. The molecule has 0 saturated heterocycles. The molecule has 0 spiro atoms. The monoisotopic (exact) mass is 318 g/mol. The van der Waals surface area contributed by atoms with Crippen LogP contribution in [-0.4, -0.2) is 33.3 Å². The summed E-state index contributed by atoms with van der Waals surface area (Å²) in [4.78, 5) is 10.7. The summed E-state index contributed by atoms with van der Waals surface area (Å²) in [6.45, 7) is 2.84. The number of aryl methyl sites for hydroxylation is 2. The number of anilines is 1. The van der Waals surface area contributed by atoms with Gasteiger partial charge in [-0.2, -0.15) is 16.9 Å². The van der Waals surface area contributed by atoms with Gasteiger partial charge in [0, 0.05) is 30.7 Å². The van der Waals surface area contributed by atoms with Gasteiger partial charge in [-0.1, -0.05) is 6.07 Å². The first kappa shape index (κ1) is 14.9. The van der Waals surface area contributed by atoms with Crippen LogP contribution in [0.15, 0.2) is 18.2 Å². The van der Waals surface area contributed by atoms with Crippen LogP contribution in [0, 0.1) is 17.0 Å². The molecule has 0 unspecified atom stereocenters. The number of benzene rings is 1. The Bertz CT molecular complexity index is 727. The molecular formula is C15H18N4O2S. The van der Waals surface area contributed by atoms with Crippen LogP contribution in [0.1, 0.15) is 16.8 Å². The van der Waals surface area contributed by atoms with Crippen LogP contribution in [-0.2, 0) is 12.8 Å². The second-order valence-corrected chi connectivity index (χ2v) is 6.32. The van der Waals surface area contributed by atoms with Crippen LogP contribution in [0.3, 0.4) is 0 Å². The van der Waals surface area contributed by atoms with E-state index in [4.69, 9.17) is 5.10 Å². The Kier molecular flexibility index (Phi) is 4.06. The minimum atomic E-state index is -0.366. The molecule has 0 atom stereocenters. The summed E-state index contributed by atoms with van der Waals surface area (Å²) in [6.07, 6.45) is 3.97. The van der Waals surface area contributed by atoms with Gasteiger partial charge in [0.25, 0.3) is 5.69 Å². The molecule has 1 aromatic carbocycles. The van der Waals surface area contributed by atoms with E-state index in [2.05, 4.69) is 11.6 Å². The van der Waals surface area contributed by atoms with Crippen molar-refractivity contribution in [1.29, 1.82) is 0 Å². The van der Waals surface area contributed by atoms with Crippen LogP contribution < -0.4 is 5.32 Å². The highest BCUT2D eigenvalue weighted by Gasteiger charge is 2.24. The van der Waals surface area contributed by atoms with Gasteiger partial charge in [-0.3, -0.25) is 10.1 Å². The smallest absolute Gasteiger partial charge is 0.271 e. The molecule has 0 radical (unpaired) electrons. The predicted molar refractivity (Wildman–Crippen MR) is 89.2 cm³/mol. The van der Waals surface area contributed by atoms with Gasteiger partial charge in [0.1, 0.15) is 5.82 Å². The second kappa shape index (κ2) is 6.00.